The zero-order valence-electron chi connectivity index (χ0n) is 27.2. The summed E-state index contributed by atoms with van der Waals surface area (Å²) >= 11 is 0. The molecule has 0 fully saturated rings. The molecule has 50 heavy (non-hydrogen) atoms. The van der Waals surface area contributed by atoms with Crippen molar-refractivity contribution < 1.29 is 32.3 Å². The van der Waals surface area contributed by atoms with Gasteiger partial charge in [0.1, 0.15) is 41.5 Å². The van der Waals surface area contributed by atoms with Crippen LogP contribution >= 0.6 is 0 Å². The number of H-pyrrole nitrogens is 1. The Hall–Kier alpha value is -6.11. The summed E-state index contributed by atoms with van der Waals surface area (Å²) in [7, 11) is 3.19. The number of benzene rings is 3. The lowest BCUT2D eigenvalue weighted by atomic mass is 10.1. The fraction of sp³-hybridized carbons (Fsp3) is 0.189. The first-order chi connectivity index (χ1) is 24.0. The second-order valence-electron chi connectivity index (χ2n) is 11.6. The van der Waals surface area contributed by atoms with E-state index in [0.717, 1.165) is 23.6 Å². The molecule has 258 valence electrons. The number of aromatic amines is 1. The summed E-state index contributed by atoms with van der Waals surface area (Å²) < 4.78 is 49.0. The number of allylic oxidation sites excluding steroid dienone is 1. The third-order valence-corrected chi connectivity index (χ3v) is 7.75. The van der Waals surface area contributed by atoms with Gasteiger partial charge in [-0.15, -0.1) is 0 Å². The second-order valence-corrected chi connectivity index (χ2v) is 11.6. The molecule has 3 N–H and O–H groups in total. The second kappa shape index (κ2) is 15.9. The molecular weight excluding hydrogens is 651 g/mol. The zero-order valence-corrected chi connectivity index (χ0v) is 27.2. The predicted octanol–water partition coefficient (Wildman–Crippen LogP) is 5.54. The molecule has 3 amide bonds. The van der Waals surface area contributed by atoms with Crippen LogP contribution in [0.5, 0.6) is 5.75 Å². The van der Waals surface area contributed by atoms with Crippen LogP contribution in [0.25, 0.3) is 10.9 Å². The molecule has 1 unspecified atom stereocenters. The van der Waals surface area contributed by atoms with Gasteiger partial charge in [0.25, 0.3) is 11.5 Å². The summed E-state index contributed by atoms with van der Waals surface area (Å²) in [4.78, 5) is 56.3. The van der Waals surface area contributed by atoms with Crippen LogP contribution in [0.1, 0.15) is 34.5 Å². The number of hydrogen-bond acceptors (Lipinski definition) is 5. The average Bonchev–Trinajstić information content (AvgIpc) is 3.50. The summed E-state index contributed by atoms with van der Waals surface area (Å²) in [5.74, 6) is -3.52. The van der Waals surface area contributed by atoms with Crippen LogP contribution in [0.2, 0.25) is 0 Å². The first-order valence-electron chi connectivity index (χ1n) is 15.6. The Morgan fingerprint density at radius 3 is 2.52 bits per heavy atom. The standard InChI is InChI=1S/C37H34F3N5O5/c1-44(2)33(46)15-6-5-12-30(42-35(47)27-10-3-4-11-28(27)39)36(48)43-31-13-8-18-45(37(31)49)21-26-19-23-9-7-14-32(34(23)41-26)50-22-24-16-17-25(38)20-29(24)40/h3-4,6-11,13-20,30,41H,5,12,21-22H2,1-2H3,(H,42,47)(H,43,48)/b15-6+. The van der Waals surface area contributed by atoms with Gasteiger partial charge in [0.15, 0.2) is 0 Å². The minimum Gasteiger partial charge on any atom is -0.487 e. The Bertz CT molecular complexity index is 2120. The normalized spacial score (nSPS) is 11.8. The Balaban J connectivity index is 1.31. The molecule has 0 aliphatic heterocycles. The zero-order chi connectivity index (χ0) is 35.8. The van der Waals surface area contributed by atoms with E-state index in [-0.39, 0.29) is 48.7 Å². The number of fused-ring (bicyclic) bond motifs is 1. The van der Waals surface area contributed by atoms with E-state index >= 15 is 0 Å². The Kier molecular flexibility index (Phi) is 11.2. The SMILES string of the molecule is CN(C)C(=O)/C=C/CCC(NC(=O)c1ccccc1F)C(=O)Nc1cccn(Cc2cc3cccc(OCc4ccc(F)cc4F)c3[nH]2)c1=O. The molecule has 3 aromatic carbocycles. The number of carbonyl (C=O) groups is 3. The molecule has 5 rings (SSSR count). The number of anilines is 1. The van der Waals surface area contributed by atoms with E-state index < -0.39 is 40.9 Å². The first kappa shape index (κ1) is 35.2. The van der Waals surface area contributed by atoms with Gasteiger partial charge >= 0.3 is 0 Å². The van der Waals surface area contributed by atoms with Crippen molar-refractivity contribution in [3.05, 3.63) is 142 Å². The van der Waals surface area contributed by atoms with Crippen LogP contribution < -0.4 is 20.9 Å². The number of halogens is 3. The third-order valence-electron chi connectivity index (χ3n) is 7.75. The summed E-state index contributed by atoms with van der Waals surface area (Å²) in [6, 6.07) is 17.5. The van der Waals surface area contributed by atoms with E-state index in [4.69, 9.17) is 4.74 Å². The molecule has 0 saturated heterocycles. The maximum absolute atomic E-state index is 14.3. The molecule has 0 saturated carbocycles. The van der Waals surface area contributed by atoms with Gasteiger partial charge in [-0.25, -0.2) is 13.2 Å². The Morgan fingerprint density at radius 1 is 0.960 bits per heavy atom. The van der Waals surface area contributed by atoms with Crippen molar-refractivity contribution in [3.63, 3.8) is 0 Å². The lowest BCUT2D eigenvalue weighted by Gasteiger charge is -2.18. The van der Waals surface area contributed by atoms with Crippen molar-refractivity contribution in [1.82, 2.24) is 19.8 Å². The number of pyridine rings is 1. The molecule has 0 aliphatic rings. The van der Waals surface area contributed by atoms with E-state index in [2.05, 4.69) is 15.6 Å². The predicted molar refractivity (Wildman–Crippen MR) is 182 cm³/mol. The molecule has 13 heteroatoms. The molecular formula is C37H34F3N5O5. The van der Waals surface area contributed by atoms with E-state index in [9.17, 15) is 32.3 Å². The van der Waals surface area contributed by atoms with Crippen molar-refractivity contribution in [2.45, 2.75) is 32.0 Å². The molecule has 0 spiro atoms. The van der Waals surface area contributed by atoms with E-state index in [1.807, 2.05) is 12.1 Å². The lowest BCUT2D eigenvalue weighted by Crippen LogP contribution is -2.44. The molecule has 0 aliphatic carbocycles. The van der Waals surface area contributed by atoms with Crippen molar-refractivity contribution >= 4 is 34.3 Å². The van der Waals surface area contributed by atoms with Crippen molar-refractivity contribution in [3.8, 4) is 5.75 Å². The number of nitrogens with zero attached hydrogens (tertiary/aromatic N) is 2. The molecule has 10 nitrogen and oxygen atoms in total. The van der Waals surface area contributed by atoms with Gasteiger partial charge in [-0.1, -0.05) is 30.3 Å². The molecule has 2 heterocycles. The van der Waals surface area contributed by atoms with Crippen LogP contribution in [0, 0.1) is 17.5 Å². The number of hydrogen-bond donors (Lipinski definition) is 3. The minimum absolute atomic E-state index is 0.0531. The van der Waals surface area contributed by atoms with Crippen LogP contribution in [0.4, 0.5) is 18.9 Å². The maximum Gasteiger partial charge on any atom is 0.274 e. The summed E-state index contributed by atoms with van der Waals surface area (Å²) in [5, 5.41) is 5.90. The number of para-hydroxylation sites is 1. The van der Waals surface area contributed by atoms with Crippen molar-refractivity contribution in [2.75, 3.05) is 19.4 Å². The van der Waals surface area contributed by atoms with Crippen LogP contribution in [-0.4, -0.2) is 52.3 Å². The Labute approximate surface area is 285 Å². The maximum atomic E-state index is 14.3. The fourth-order valence-corrected chi connectivity index (χ4v) is 5.09. The molecule has 0 radical (unpaired) electrons. The molecule has 2 aromatic heterocycles. The fourth-order valence-electron chi connectivity index (χ4n) is 5.09. The van der Waals surface area contributed by atoms with Crippen LogP contribution in [-0.2, 0) is 22.7 Å². The highest BCUT2D eigenvalue weighted by Gasteiger charge is 2.23. The van der Waals surface area contributed by atoms with Crippen molar-refractivity contribution in [2.24, 2.45) is 0 Å². The number of aromatic nitrogens is 2. The highest BCUT2D eigenvalue weighted by molar-refractivity contribution is 6.01. The smallest absolute Gasteiger partial charge is 0.274 e. The van der Waals surface area contributed by atoms with Gasteiger partial charge in [-0.2, -0.15) is 0 Å². The molecule has 1 atom stereocenters. The van der Waals surface area contributed by atoms with Crippen LogP contribution in [0.3, 0.4) is 0 Å². The number of amides is 3. The summed E-state index contributed by atoms with van der Waals surface area (Å²) in [5.41, 5.74) is 0.590. The minimum atomic E-state index is -1.18. The van der Waals surface area contributed by atoms with Gasteiger partial charge < -0.3 is 29.8 Å². The first-order valence-corrected chi connectivity index (χ1v) is 15.6. The van der Waals surface area contributed by atoms with E-state index in [1.165, 1.54) is 45.9 Å². The third kappa shape index (κ3) is 8.67. The van der Waals surface area contributed by atoms with Crippen molar-refractivity contribution in [1.29, 1.82) is 0 Å². The monoisotopic (exact) mass is 685 g/mol. The highest BCUT2D eigenvalue weighted by Crippen LogP contribution is 2.27. The quantitative estimate of drug-likeness (QED) is 0.141. The van der Waals surface area contributed by atoms with Gasteiger partial charge in [0.05, 0.1) is 17.6 Å². The lowest BCUT2D eigenvalue weighted by molar-refractivity contribution is -0.123. The van der Waals surface area contributed by atoms with Gasteiger partial charge in [0.2, 0.25) is 11.8 Å². The largest absolute Gasteiger partial charge is 0.487 e. The van der Waals surface area contributed by atoms with Crippen LogP contribution in [0.15, 0.2) is 102 Å². The van der Waals surface area contributed by atoms with E-state index in [0.29, 0.717) is 17.0 Å². The van der Waals surface area contributed by atoms with E-state index in [1.54, 1.807) is 44.6 Å². The number of likely N-dealkylation sites (N-methyl/N-ethyl adjacent to an activating group) is 1. The topological polar surface area (TPSA) is 126 Å². The number of nitrogens with one attached hydrogen (secondary N) is 3. The summed E-state index contributed by atoms with van der Waals surface area (Å²) in [6.45, 7) is -0.0472. The summed E-state index contributed by atoms with van der Waals surface area (Å²) in [6.07, 6.45) is 4.72. The highest BCUT2D eigenvalue weighted by atomic mass is 19.1. The van der Waals surface area contributed by atoms with Gasteiger partial charge in [-0.05, 0) is 67.4 Å². The molecule has 5 aromatic rings. The number of carbonyl (C=O) groups excluding carboxylic acids is 3. The molecule has 0 bridgehead atoms. The van der Waals surface area contributed by atoms with Gasteiger partial charge in [0, 0.05) is 43.0 Å². The number of ether oxygens (including phenoxy) is 1. The number of rotatable bonds is 13. The average molecular weight is 686 g/mol. The van der Waals surface area contributed by atoms with Gasteiger partial charge in [-0.3, -0.25) is 19.2 Å². The Morgan fingerprint density at radius 2 is 1.76 bits per heavy atom.